The molecule has 1 saturated heterocycles. The van der Waals surface area contributed by atoms with E-state index in [4.69, 9.17) is 0 Å². The summed E-state index contributed by atoms with van der Waals surface area (Å²) < 4.78 is 53.7. The second-order valence-corrected chi connectivity index (χ2v) is 7.22. The normalized spacial score (nSPS) is 16.6. The molecule has 0 radical (unpaired) electrons. The Morgan fingerprint density at radius 1 is 1.23 bits per heavy atom. The highest BCUT2D eigenvalue weighted by molar-refractivity contribution is 5.79. The van der Waals surface area contributed by atoms with E-state index >= 15 is 0 Å². The zero-order valence-electron chi connectivity index (χ0n) is 16.3. The van der Waals surface area contributed by atoms with Crippen LogP contribution in [0.5, 0.6) is 0 Å². The highest BCUT2D eigenvalue weighted by atomic mass is 19.4. The summed E-state index contributed by atoms with van der Waals surface area (Å²) in [6, 6.07) is 5.94. The summed E-state index contributed by atoms with van der Waals surface area (Å²) >= 11 is 0. The highest BCUT2D eigenvalue weighted by Crippen LogP contribution is 2.37. The van der Waals surface area contributed by atoms with Crippen molar-refractivity contribution in [3.8, 4) is 0 Å². The van der Waals surface area contributed by atoms with Gasteiger partial charge in [-0.25, -0.2) is 4.39 Å². The quantitative estimate of drug-likeness (QED) is 0.745. The van der Waals surface area contributed by atoms with Gasteiger partial charge in [-0.2, -0.15) is 13.2 Å². The Balaban J connectivity index is 1.83. The summed E-state index contributed by atoms with van der Waals surface area (Å²) in [7, 11) is 0. The fraction of sp³-hybridized carbons (Fsp3) is 0.381. The number of carbonyl (C=O) groups excluding carboxylic acids is 2. The van der Waals surface area contributed by atoms with Gasteiger partial charge in [0.15, 0.2) is 0 Å². The molecule has 1 atom stereocenters. The maximum atomic E-state index is 13.6. The van der Waals surface area contributed by atoms with E-state index in [2.05, 4.69) is 10.3 Å². The van der Waals surface area contributed by atoms with Crippen LogP contribution < -0.4 is 5.32 Å². The molecule has 1 N–H and O–H groups in total. The number of halogens is 4. The SMILES string of the molecule is CC(=O)NCc1cnc([C@H]2CCCN2C(=O)Cc2ccc(F)cc2)cc1C(F)(F)F. The Kier molecular flexibility index (Phi) is 6.38. The minimum absolute atomic E-state index is 0.0313. The number of pyridine rings is 1. The highest BCUT2D eigenvalue weighted by Gasteiger charge is 2.37. The maximum Gasteiger partial charge on any atom is 0.416 e. The lowest BCUT2D eigenvalue weighted by molar-refractivity contribution is -0.138. The summed E-state index contributed by atoms with van der Waals surface area (Å²) in [5, 5.41) is 2.35. The fourth-order valence-electron chi connectivity index (χ4n) is 3.56. The number of hydrogen-bond donors (Lipinski definition) is 1. The van der Waals surface area contributed by atoms with E-state index < -0.39 is 29.5 Å². The van der Waals surface area contributed by atoms with Crippen molar-refractivity contribution in [1.29, 1.82) is 0 Å². The average molecular weight is 423 g/mol. The molecule has 0 unspecified atom stereocenters. The van der Waals surface area contributed by atoms with Crippen molar-refractivity contribution < 1.29 is 27.2 Å². The van der Waals surface area contributed by atoms with Crippen LogP contribution in [0.1, 0.15) is 48.2 Å². The molecule has 3 rings (SSSR count). The molecule has 160 valence electrons. The summed E-state index contributed by atoms with van der Waals surface area (Å²) in [5.41, 5.74) is -0.219. The van der Waals surface area contributed by atoms with Crippen molar-refractivity contribution in [2.45, 2.75) is 44.9 Å². The van der Waals surface area contributed by atoms with Gasteiger partial charge in [0.25, 0.3) is 0 Å². The van der Waals surface area contributed by atoms with Crippen LogP contribution in [0, 0.1) is 5.82 Å². The lowest BCUT2D eigenvalue weighted by Gasteiger charge is -2.25. The number of nitrogens with one attached hydrogen (secondary N) is 1. The first kappa shape index (κ1) is 21.7. The molecule has 2 heterocycles. The summed E-state index contributed by atoms with van der Waals surface area (Å²) in [6.07, 6.45) is -2.33. The van der Waals surface area contributed by atoms with Crippen LogP contribution in [-0.4, -0.2) is 28.2 Å². The van der Waals surface area contributed by atoms with Crippen LogP contribution in [0.15, 0.2) is 36.5 Å². The Morgan fingerprint density at radius 2 is 1.93 bits per heavy atom. The molecule has 0 aliphatic carbocycles. The molecule has 0 spiro atoms. The third kappa shape index (κ3) is 5.14. The molecule has 2 amide bonds. The molecule has 9 heteroatoms. The molecule has 30 heavy (non-hydrogen) atoms. The Hall–Kier alpha value is -2.97. The van der Waals surface area contributed by atoms with Crippen LogP contribution in [0.4, 0.5) is 17.6 Å². The Bertz CT molecular complexity index is 929. The maximum absolute atomic E-state index is 13.6. The zero-order valence-corrected chi connectivity index (χ0v) is 16.3. The first-order valence-corrected chi connectivity index (χ1v) is 9.49. The van der Waals surface area contributed by atoms with E-state index in [0.717, 1.165) is 12.3 Å². The number of hydrogen-bond acceptors (Lipinski definition) is 3. The van der Waals surface area contributed by atoms with Gasteiger partial charge in [-0.3, -0.25) is 14.6 Å². The molecule has 0 bridgehead atoms. The molecule has 0 saturated carbocycles. The van der Waals surface area contributed by atoms with Gasteiger partial charge >= 0.3 is 6.18 Å². The molecule has 1 aromatic carbocycles. The molecular weight excluding hydrogens is 402 g/mol. The molecule has 5 nitrogen and oxygen atoms in total. The number of rotatable bonds is 5. The number of nitrogens with zero attached hydrogens (tertiary/aromatic N) is 2. The van der Waals surface area contributed by atoms with Crippen LogP contribution in [0.3, 0.4) is 0 Å². The van der Waals surface area contributed by atoms with Gasteiger partial charge in [0.1, 0.15) is 5.82 Å². The smallest absolute Gasteiger partial charge is 0.352 e. The monoisotopic (exact) mass is 423 g/mol. The van der Waals surface area contributed by atoms with Crippen molar-refractivity contribution in [1.82, 2.24) is 15.2 Å². The molecule has 1 aliphatic rings. The van der Waals surface area contributed by atoms with Crippen molar-refractivity contribution in [2.75, 3.05) is 6.54 Å². The standard InChI is InChI=1S/C21H21F4N3O2/c1-13(29)26-11-15-12-27-18(10-17(15)21(23,24)25)19-3-2-8-28(19)20(30)9-14-4-6-16(22)7-5-14/h4-7,10,12,19H,2-3,8-9,11H2,1H3,(H,26,29)/t19-/m1/s1. The van der Waals surface area contributed by atoms with Gasteiger partial charge in [0, 0.05) is 31.8 Å². The van der Waals surface area contributed by atoms with Crippen molar-refractivity contribution in [3.05, 3.63) is 64.7 Å². The number of aromatic nitrogens is 1. The van der Waals surface area contributed by atoms with Crippen LogP contribution >= 0.6 is 0 Å². The molecule has 2 aromatic rings. The van der Waals surface area contributed by atoms with Crippen molar-refractivity contribution >= 4 is 11.8 Å². The number of carbonyl (C=O) groups is 2. The number of amides is 2. The predicted octanol–water partition coefficient (Wildman–Crippen LogP) is 3.78. The van der Waals surface area contributed by atoms with Gasteiger partial charge in [-0.05, 0) is 36.6 Å². The average Bonchev–Trinajstić information content (AvgIpc) is 3.17. The predicted molar refractivity (Wildman–Crippen MR) is 101 cm³/mol. The van der Waals surface area contributed by atoms with E-state index in [9.17, 15) is 27.2 Å². The lowest BCUT2D eigenvalue weighted by atomic mass is 10.0. The lowest BCUT2D eigenvalue weighted by Crippen LogP contribution is -2.32. The molecule has 1 aromatic heterocycles. The summed E-state index contributed by atoms with van der Waals surface area (Å²) in [6.45, 7) is 1.36. The van der Waals surface area contributed by atoms with E-state index in [1.807, 2.05) is 0 Å². The number of benzene rings is 1. The van der Waals surface area contributed by atoms with Gasteiger partial charge in [-0.15, -0.1) is 0 Å². The second kappa shape index (κ2) is 8.81. The fourth-order valence-corrected chi connectivity index (χ4v) is 3.56. The van der Waals surface area contributed by atoms with Gasteiger partial charge in [0.2, 0.25) is 11.8 Å². The van der Waals surface area contributed by atoms with E-state index in [1.54, 1.807) is 0 Å². The molecular formula is C21H21F4N3O2. The summed E-state index contributed by atoms with van der Waals surface area (Å²) in [4.78, 5) is 29.5. The van der Waals surface area contributed by atoms with E-state index in [0.29, 0.717) is 24.9 Å². The van der Waals surface area contributed by atoms with Crippen molar-refractivity contribution in [2.24, 2.45) is 0 Å². The third-order valence-corrected chi connectivity index (χ3v) is 5.02. The first-order valence-electron chi connectivity index (χ1n) is 9.49. The van der Waals surface area contributed by atoms with E-state index in [1.165, 1.54) is 36.1 Å². The minimum atomic E-state index is -4.62. The van der Waals surface area contributed by atoms with Crippen LogP contribution in [0.25, 0.3) is 0 Å². The minimum Gasteiger partial charge on any atom is -0.352 e. The first-order chi connectivity index (χ1) is 14.1. The zero-order chi connectivity index (χ0) is 21.9. The van der Waals surface area contributed by atoms with Crippen molar-refractivity contribution in [3.63, 3.8) is 0 Å². The van der Waals surface area contributed by atoms with Crippen LogP contribution in [-0.2, 0) is 28.7 Å². The van der Waals surface area contributed by atoms with Crippen LogP contribution in [0.2, 0.25) is 0 Å². The second-order valence-electron chi connectivity index (χ2n) is 7.22. The molecule has 1 fully saturated rings. The molecule has 1 aliphatic heterocycles. The number of alkyl halides is 3. The third-order valence-electron chi connectivity index (χ3n) is 5.02. The van der Waals surface area contributed by atoms with Gasteiger partial charge in [0.05, 0.1) is 23.7 Å². The topological polar surface area (TPSA) is 62.3 Å². The summed E-state index contributed by atoms with van der Waals surface area (Å²) in [5.74, 6) is -1.10. The Labute approximate surface area is 171 Å². The van der Waals surface area contributed by atoms with Gasteiger partial charge < -0.3 is 10.2 Å². The largest absolute Gasteiger partial charge is 0.416 e. The van der Waals surface area contributed by atoms with Gasteiger partial charge in [-0.1, -0.05) is 12.1 Å². The number of likely N-dealkylation sites (tertiary alicyclic amines) is 1. The Morgan fingerprint density at radius 3 is 2.57 bits per heavy atom. The van der Waals surface area contributed by atoms with E-state index in [-0.39, 0.29) is 30.1 Å².